The van der Waals surface area contributed by atoms with E-state index in [1.807, 2.05) is 35.0 Å². The van der Waals surface area contributed by atoms with Gasteiger partial charge in [0.05, 0.1) is 0 Å². The van der Waals surface area contributed by atoms with Crippen molar-refractivity contribution in [1.82, 2.24) is 14.7 Å². The number of aliphatic carboxylic acids is 1. The predicted octanol–water partition coefficient (Wildman–Crippen LogP) is 1.05. The smallest absolute Gasteiger partial charge is 0.550 e. The van der Waals surface area contributed by atoms with E-state index in [2.05, 4.69) is 35.2 Å². The number of fused-ring (bicyclic) bond motifs is 1. The third-order valence-electron chi connectivity index (χ3n) is 6.44. The average molecular weight is 467 g/mol. The Morgan fingerprint density at radius 3 is 2.71 bits per heavy atom. The minimum absolute atomic E-state index is 0. The van der Waals surface area contributed by atoms with Crippen LogP contribution < -0.4 is 39.6 Å². The van der Waals surface area contributed by atoms with Gasteiger partial charge in [-0.1, -0.05) is 24.2 Å². The molecule has 7 nitrogen and oxygen atoms in total. The molecule has 0 aliphatic carbocycles. The zero-order valence-electron chi connectivity index (χ0n) is 19.8. The predicted molar refractivity (Wildman–Crippen MR) is 126 cm³/mol. The molecule has 8 heteroatoms. The molecule has 2 aromatic carbocycles. The normalized spacial score (nSPS) is 13.7. The van der Waals surface area contributed by atoms with Crippen LogP contribution in [-0.4, -0.2) is 33.8 Å². The first kappa shape index (κ1) is 24.5. The van der Waals surface area contributed by atoms with E-state index < -0.39 is 5.97 Å². The van der Waals surface area contributed by atoms with Gasteiger partial charge in [0, 0.05) is 65.9 Å². The van der Waals surface area contributed by atoms with E-state index in [9.17, 15) is 9.90 Å². The van der Waals surface area contributed by atoms with Crippen molar-refractivity contribution in [1.29, 1.82) is 0 Å². The fourth-order valence-corrected chi connectivity index (χ4v) is 4.72. The number of carboxylic acid groups (broad SMARTS) is 1. The summed E-state index contributed by atoms with van der Waals surface area (Å²) >= 11 is 0. The summed E-state index contributed by atoms with van der Waals surface area (Å²) in [5.74, 6) is -0.0433. The Kier molecular flexibility index (Phi) is 7.76. The molecule has 0 bridgehead atoms. The monoisotopic (exact) mass is 466 g/mol. The van der Waals surface area contributed by atoms with E-state index >= 15 is 0 Å². The van der Waals surface area contributed by atoms with Crippen molar-refractivity contribution in [3.05, 3.63) is 54.2 Å². The van der Waals surface area contributed by atoms with Crippen LogP contribution in [0.5, 0.6) is 0 Å². The van der Waals surface area contributed by atoms with Crippen LogP contribution in [-0.2, 0) is 17.8 Å². The van der Waals surface area contributed by atoms with Crippen LogP contribution >= 0.6 is 0 Å². The van der Waals surface area contributed by atoms with Gasteiger partial charge >= 0.3 is 29.6 Å². The van der Waals surface area contributed by atoms with Crippen LogP contribution in [0, 0.1) is 0 Å². The fourth-order valence-electron chi connectivity index (χ4n) is 4.72. The molecule has 0 saturated carbocycles. The Labute approximate surface area is 221 Å². The van der Waals surface area contributed by atoms with Gasteiger partial charge in [0.15, 0.2) is 0 Å². The first-order chi connectivity index (χ1) is 16.1. The number of benzene rings is 2. The molecule has 3 heterocycles. The fraction of sp³-hybridized carbons (Fsp3) is 0.346. The summed E-state index contributed by atoms with van der Waals surface area (Å²) in [6.07, 6.45) is 6.60. The van der Waals surface area contributed by atoms with Gasteiger partial charge < -0.3 is 23.9 Å². The van der Waals surface area contributed by atoms with E-state index in [0.29, 0.717) is 18.3 Å². The van der Waals surface area contributed by atoms with Gasteiger partial charge in [0.25, 0.3) is 5.89 Å². The first-order valence-corrected chi connectivity index (χ1v) is 11.6. The Morgan fingerprint density at radius 2 is 1.94 bits per heavy atom. The molecule has 4 aromatic rings. The Hall–Kier alpha value is -2.61. The molecule has 0 amide bonds. The van der Waals surface area contributed by atoms with E-state index in [1.165, 1.54) is 30.5 Å². The zero-order chi connectivity index (χ0) is 22.8. The topological polar surface area (TPSA) is 87.2 Å². The summed E-state index contributed by atoms with van der Waals surface area (Å²) in [5, 5.41) is 16.1. The van der Waals surface area contributed by atoms with Gasteiger partial charge in [0.1, 0.15) is 0 Å². The molecule has 34 heavy (non-hydrogen) atoms. The van der Waals surface area contributed by atoms with Crippen LogP contribution in [0.15, 0.2) is 53.2 Å². The van der Waals surface area contributed by atoms with E-state index in [1.54, 1.807) is 0 Å². The third-order valence-corrected chi connectivity index (χ3v) is 6.44. The summed E-state index contributed by atoms with van der Waals surface area (Å²) in [6.45, 7) is 4.76. The van der Waals surface area contributed by atoms with Crippen LogP contribution in [0.4, 0.5) is 5.69 Å². The maximum Gasteiger partial charge on any atom is 1.00 e. The SMILES string of the molecule is CCc1cc(-c2nc(-c3cccc4c3ccn4CCC(=O)[O-])no2)ccc1N1CCCCC1.[Na+]. The van der Waals surface area contributed by atoms with Crippen LogP contribution in [0.3, 0.4) is 0 Å². The number of aromatic nitrogens is 3. The zero-order valence-corrected chi connectivity index (χ0v) is 21.8. The summed E-state index contributed by atoms with van der Waals surface area (Å²) in [4.78, 5) is 18.0. The van der Waals surface area contributed by atoms with Crippen molar-refractivity contribution in [2.45, 2.75) is 45.6 Å². The maximum atomic E-state index is 10.9. The second kappa shape index (κ2) is 10.8. The molecule has 2 aromatic heterocycles. The first-order valence-electron chi connectivity index (χ1n) is 11.6. The summed E-state index contributed by atoms with van der Waals surface area (Å²) in [5.41, 5.74) is 5.31. The number of hydrogen-bond donors (Lipinski definition) is 0. The van der Waals surface area contributed by atoms with Crippen LogP contribution in [0.2, 0.25) is 0 Å². The molecule has 0 N–H and O–H groups in total. The molecule has 1 aliphatic heterocycles. The van der Waals surface area contributed by atoms with E-state index in [-0.39, 0.29) is 36.0 Å². The number of rotatable bonds is 7. The number of carboxylic acids is 1. The van der Waals surface area contributed by atoms with E-state index in [4.69, 9.17) is 9.51 Å². The Morgan fingerprint density at radius 1 is 1.12 bits per heavy atom. The molecule has 0 unspecified atom stereocenters. The Balaban J connectivity index is 0.00000274. The standard InChI is InChI=1S/C26H28N4O3.Na/c1-2-18-17-19(9-10-22(18)29-13-4-3-5-14-29)26-27-25(28-33-26)21-7-6-8-23-20(21)11-15-30(23)16-12-24(31)32;/h6-11,15,17H,2-5,12-14,16H2,1H3,(H,31,32);/q;+1/p-1. The van der Waals surface area contributed by atoms with Crippen molar-refractivity contribution < 1.29 is 44.0 Å². The van der Waals surface area contributed by atoms with Crippen molar-refractivity contribution in [3.63, 3.8) is 0 Å². The minimum atomic E-state index is -1.06. The molecule has 1 saturated heterocycles. The molecule has 170 valence electrons. The van der Waals surface area contributed by atoms with Crippen molar-refractivity contribution in [2.24, 2.45) is 0 Å². The van der Waals surface area contributed by atoms with Crippen LogP contribution in [0.25, 0.3) is 33.7 Å². The Bertz CT molecular complexity index is 1290. The average Bonchev–Trinajstić information content (AvgIpc) is 3.50. The van der Waals surface area contributed by atoms with Gasteiger partial charge in [-0.15, -0.1) is 0 Å². The number of piperidine rings is 1. The van der Waals surface area contributed by atoms with Gasteiger partial charge in [-0.25, -0.2) is 0 Å². The maximum absolute atomic E-state index is 10.9. The molecule has 0 radical (unpaired) electrons. The number of hydrogen-bond acceptors (Lipinski definition) is 6. The number of aryl methyl sites for hydroxylation is 2. The van der Waals surface area contributed by atoms with Gasteiger partial charge in [-0.3, -0.25) is 0 Å². The van der Waals surface area contributed by atoms with Gasteiger partial charge in [-0.2, -0.15) is 4.98 Å². The second-order valence-electron chi connectivity index (χ2n) is 8.54. The summed E-state index contributed by atoms with van der Waals surface area (Å²) in [6, 6.07) is 14.2. The quantitative estimate of drug-likeness (QED) is 0.379. The number of nitrogens with zero attached hydrogens (tertiary/aromatic N) is 4. The molecular weight excluding hydrogens is 439 g/mol. The van der Waals surface area contributed by atoms with Gasteiger partial charge in [0.2, 0.25) is 5.82 Å². The van der Waals surface area contributed by atoms with Crippen molar-refractivity contribution in [2.75, 3.05) is 18.0 Å². The van der Waals surface area contributed by atoms with E-state index in [0.717, 1.165) is 41.5 Å². The summed E-state index contributed by atoms with van der Waals surface area (Å²) in [7, 11) is 0. The summed E-state index contributed by atoms with van der Waals surface area (Å²) < 4.78 is 7.56. The number of carbonyl (C=O) groups excluding carboxylic acids is 1. The molecule has 1 aliphatic rings. The molecule has 0 atom stereocenters. The van der Waals surface area contributed by atoms with Crippen LogP contribution in [0.1, 0.15) is 38.2 Å². The number of anilines is 1. The molecular formula is C26H27N4NaO3. The van der Waals surface area contributed by atoms with Gasteiger partial charge in [-0.05, 0) is 61.6 Å². The number of carbonyl (C=O) groups is 1. The third kappa shape index (κ3) is 4.92. The molecule has 0 spiro atoms. The molecule has 5 rings (SSSR count). The van der Waals surface area contributed by atoms with Crippen molar-refractivity contribution >= 4 is 22.6 Å². The van der Waals surface area contributed by atoms with Crippen molar-refractivity contribution in [3.8, 4) is 22.8 Å². The second-order valence-corrected chi connectivity index (χ2v) is 8.54. The molecule has 1 fully saturated rings. The minimum Gasteiger partial charge on any atom is -0.550 e. The largest absolute Gasteiger partial charge is 1.00 e.